The minimum atomic E-state index is -4.45. The van der Waals surface area contributed by atoms with Crippen molar-refractivity contribution in [2.75, 3.05) is 5.32 Å². The lowest BCUT2D eigenvalue weighted by atomic mass is 10.1. The number of nitrogens with zero attached hydrogens (tertiary/aromatic N) is 1. The molecule has 8 heteroatoms. The topological polar surface area (TPSA) is 42.0 Å². The number of alkyl halides is 3. The van der Waals surface area contributed by atoms with Gasteiger partial charge in [-0.1, -0.05) is 12.1 Å². The number of benzene rings is 2. The molecule has 3 rings (SSSR count). The smallest absolute Gasteiger partial charge is 0.298 e. The molecule has 134 valence electrons. The third-order valence-corrected chi connectivity index (χ3v) is 4.43. The van der Waals surface area contributed by atoms with Gasteiger partial charge >= 0.3 is 6.18 Å². The SMILES string of the molecule is O=C(Nc1ncc(Cc2cccc(F)c2)s1)c1ccc(C(F)(F)F)cc1. The molecule has 1 heterocycles. The van der Waals surface area contributed by atoms with Crippen molar-refractivity contribution in [3.63, 3.8) is 0 Å². The summed E-state index contributed by atoms with van der Waals surface area (Å²) in [5.41, 5.74) is 0.0508. The van der Waals surface area contributed by atoms with Crippen LogP contribution in [0.25, 0.3) is 0 Å². The molecular weight excluding hydrogens is 368 g/mol. The minimum Gasteiger partial charge on any atom is -0.298 e. The van der Waals surface area contributed by atoms with Crippen LogP contribution in [0.2, 0.25) is 0 Å². The van der Waals surface area contributed by atoms with Gasteiger partial charge in [-0.3, -0.25) is 10.1 Å². The average Bonchev–Trinajstić information content (AvgIpc) is 3.01. The van der Waals surface area contributed by atoms with Gasteiger partial charge in [0.2, 0.25) is 0 Å². The molecule has 0 atom stereocenters. The second kappa shape index (κ2) is 7.25. The molecule has 1 amide bonds. The Morgan fingerprint density at radius 2 is 1.85 bits per heavy atom. The molecule has 0 saturated carbocycles. The van der Waals surface area contributed by atoms with Crippen molar-refractivity contribution in [1.82, 2.24) is 4.98 Å². The van der Waals surface area contributed by atoms with Crippen LogP contribution in [-0.2, 0) is 12.6 Å². The highest BCUT2D eigenvalue weighted by molar-refractivity contribution is 7.15. The summed E-state index contributed by atoms with van der Waals surface area (Å²) in [4.78, 5) is 17.0. The molecule has 0 bridgehead atoms. The second-order valence-electron chi connectivity index (χ2n) is 5.47. The summed E-state index contributed by atoms with van der Waals surface area (Å²) in [6.45, 7) is 0. The van der Waals surface area contributed by atoms with E-state index in [0.29, 0.717) is 11.6 Å². The molecule has 26 heavy (non-hydrogen) atoms. The maximum Gasteiger partial charge on any atom is 0.416 e. The minimum absolute atomic E-state index is 0.0971. The number of anilines is 1. The van der Waals surface area contributed by atoms with E-state index in [2.05, 4.69) is 10.3 Å². The summed E-state index contributed by atoms with van der Waals surface area (Å²) in [5.74, 6) is -0.881. The van der Waals surface area contributed by atoms with Crippen molar-refractivity contribution in [2.24, 2.45) is 0 Å². The molecule has 0 spiro atoms. The highest BCUT2D eigenvalue weighted by atomic mass is 32.1. The Hall–Kier alpha value is -2.74. The third-order valence-electron chi connectivity index (χ3n) is 3.52. The van der Waals surface area contributed by atoms with Crippen LogP contribution < -0.4 is 5.32 Å². The second-order valence-corrected chi connectivity index (χ2v) is 6.58. The fraction of sp³-hybridized carbons (Fsp3) is 0.111. The van der Waals surface area contributed by atoms with Crippen LogP contribution >= 0.6 is 11.3 Å². The lowest BCUT2D eigenvalue weighted by Gasteiger charge is -2.07. The van der Waals surface area contributed by atoms with Gasteiger partial charge in [0.25, 0.3) is 5.91 Å². The number of amides is 1. The van der Waals surface area contributed by atoms with E-state index < -0.39 is 17.6 Å². The maximum absolute atomic E-state index is 13.2. The lowest BCUT2D eigenvalue weighted by molar-refractivity contribution is -0.137. The van der Waals surface area contributed by atoms with E-state index in [0.717, 1.165) is 34.7 Å². The molecule has 0 unspecified atom stereocenters. The molecular formula is C18H12F4N2OS. The fourth-order valence-electron chi connectivity index (χ4n) is 2.28. The van der Waals surface area contributed by atoms with Gasteiger partial charge in [-0.2, -0.15) is 13.2 Å². The summed E-state index contributed by atoms with van der Waals surface area (Å²) in [6, 6.07) is 10.1. The Labute approximate surface area is 150 Å². The fourth-order valence-corrected chi connectivity index (χ4v) is 3.12. The monoisotopic (exact) mass is 380 g/mol. The van der Waals surface area contributed by atoms with Crippen molar-refractivity contribution >= 4 is 22.4 Å². The van der Waals surface area contributed by atoms with Gasteiger partial charge in [0.15, 0.2) is 5.13 Å². The Morgan fingerprint density at radius 3 is 2.50 bits per heavy atom. The molecule has 0 radical (unpaired) electrons. The van der Waals surface area contributed by atoms with Crippen molar-refractivity contribution in [1.29, 1.82) is 0 Å². The Balaban J connectivity index is 1.66. The number of aromatic nitrogens is 1. The number of carbonyl (C=O) groups is 1. The van der Waals surface area contributed by atoms with E-state index in [1.807, 2.05) is 0 Å². The number of carbonyl (C=O) groups excluding carboxylic acids is 1. The van der Waals surface area contributed by atoms with Gasteiger partial charge in [0.05, 0.1) is 5.56 Å². The van der Waals surface area contributed by atoms with E-state index in [4.69, 9.17) is 0 Å². The summed E-state index contributed by atoms with van der Waals surface area (Å²) < 4.78 is 50.8. The van der Waals surface area contributed by atoms with Crippen LogP contribution in [0, 0.1) is 5.82 Å². The van der Waals surface area contributed by atoms with E-state index >= 15 is 0 Å². The summed E-state index contributed by atoms with van der Waals surface area (Å²) >= 11 is 1.22. The van der Waals surface area contributed by atoms with E-state index in [1.54, 1.807) is 18.3 Å². The first kappa shape index (κ1) is 18.1. The summed E-state index contributed by atoms with van der Waals surface area (Å²) in [7, 11) is 0. The van der Waals surface area contributed by atoms with Crippen LogP contribution in [0.5, 0.6) is 0 Å². The summed E-state index contributed by atoms with van der Waals surface area (Å²) in [6.07, 6.45) is -2.42. The van der Waals surface area contributed by atoms with Gasteiger partial charge < -0.3 is 0 Å². The molecule has 3 aromatic rings. The summed E-state index contributed by atoms with van der Waals surface area (Å²) in [5, 5.41) is 2.87. The number of hydrogen-bond donors (Lipinski definition) is 1. The van der Waals surface area contributed by atoms with Crippen LogP contribution in [0.15, 0.2) is 54.7 Å². The molecule has 0 fully saturated rings. The van der Waals surface area contributed by atoms with E-state index in [1.165, 1.54) is 23.5 Å². The molecule has 0 aliphatic rings. The van der Waals surface area contributed by atoms with Crippen molar-refractivity contribution in [2.45, 2.75) is 12.6 Å². The van der Waals surface area contributed by atoms with Crippen LogP contribution in [0.3, 0.4) is 0 Å². The van der Waals surface area contributed by atoms with Crippen LogP contribution in [-0.4, -0.2) is 10.9 Å². The first-order valence-electron chi connectivity index (χ1n) is 7.49. The molecule has 0 saturated heterocycles. The molecule has 1 aromatic heterocycles. The average molecular weight is 380 g/mol. The number of rotatable bonds is 4. The third kappa shape index (κ3) is 4.45. The Morgan fingerprint density at radius 1 is 1.12 bits per heavy atom. The number of thiazole rings is 1. The number of halogens is 4. The quantitative estimate of drug-likeness (QED) is 0.637. The van der Waals surface area contributed by atoms with Crippen molar-refractivity contribution in [3.05, 3.63) is 82.1 Å². The van der Waals surface area contributed by atoms with Crippen LogP contribution in [0.4, 0.5) is 22.7 Å². The predicted octanol–water partition coefficient (Wildman–Crippen LogP) is 5.14. The molecule has 0 aliphatic heterocycles. The first-order valence-corrected chi connectivity index (χ1v) is 8.31. The zero-order valence-electron chi connectivity index (χ0n) is 13.2. The van der Waals surface area contributed by atoms with Crippen molar-refractivity contribution in [3.8, 4) is 0 Å². The van der Waals surface area contributed by atoms with Gasteiger partial charge in [-0.15, -0.1) is 11.3 Å². The number of nitrogens with one attached hydrogen (secondary N) is 1. The van der Waals surface area contributed by atoms with Gasteiger partial charge in [0.1, 0.15) is 5.82 Å². The Bertz CT molecular complexity index is 919. The van der Waals surface area contributed by atoms with Gasteiger partial charge in [-0.05, 0) is 42.0 Å². The molecule has 1 N–H and O–H groups in total. The Kier molecular flexibility index (Phi) is 5.03. The van der Waals surface area contributed by atoms with Crippen LogP contribution in [0.1, 0.15) is 26.4 Å². The van der Waals surface area contributed by atoms with E-state index in [9.17, 15) is 22.4 Å². The molecule has 0 aliphatic carbocycles. The number of hydrogen-bond acceptors (Lipinski definition) is 3. The lowest BCUT2D eigenvalue weighted by Crippen LogP contribution is -2.12. The van der Waals surface area contributed by atoms with E-state index in [-0.39, 0.29) is 11.4 Å². The zero-order valence-corrected chi connectivity index (χ0v) is 14.0. The van der Waals surface area contributed by atoms with Gasteiger partial charge in [-0.25, -0.2) is 9.37 Å². The first-order chi connectivity index (χ1) is 12.3. The molecule has 3 nitrogen and oxygen atoms in total. The normalized spacial score (nSPS) is 11.4. The standard InChI is InChI=1S/C18H12F4N2OS/c19-14-3-1-2-11(8-14)9-15-10-23-17(26-15)24-16(25)12-4-6-13(7-5-12)18(20,21)22/h1-8,10H,9H2,(H,23,24,25). The molecule has 2 aromatic carbocycles. The predicted molar refractivity (Wildman–Crippen MR) is 90.7 cm³/mol. The van der Waals surface area contributed by atoms with Gasteiger partial charge in [0, 0.05) is 23.1 Å². The maximum atomic E-state index is 13.2. The van der Waals surface area contributed by atoms with Crippen molar-refractivity contribution < 1.29 is 22.4 Å². The highest BCUT2D eigenvalue weighted by Crippen LogP contribution is 2.29. The largest absolute Gasteiger partial charge is 0.416 e. The highest BCUT2D eigenvalue weighted by Gasteiger charge is 2.30. The zero-order chi connectivity index (χ0) is 18.7.